The van der Waals surface area contributed by atoms with Crippen LogP contribution < -0.4 is 5.32 Å². The number of urea groups is 1. The van der Waals surface area contributed by atoms with E-state index in [1.54, 1.807) is 26.2 Å². The van der Waals surface area contributed by atoms with Crippen molar-refractivity contribution in [1.82, 2.24) is 20.2 Å². The minimum absolute atomic E-state index is 0.152. The first-order chi connectivity index (χ1) is 9.00. The third kappa shape index (κ3) is 5.41. The standard InChI is InChI=1S/C12H20N4O3/c1-9(2)16(8-11(17)18)12(19)15-5-3-4-10-13-6-7-14-10/h6-7,9H,3-5,8H2,1-2H3,(H,13,14)(H,15,19)(H,17,18). The highest BCUT2D eigenvalue weighted by molar-refractivity contribution is 5.80. The Morgan fingerprint density at radius 1 is 1.53 bits per heavy atom. The summed E-state index contributed by atoms with van der Waals surface area (Å²) in [5.74, 6) is -0.139. The van der Waals surface area contributed by atoms with Crippen LogP contribution in [0.3, 0.4) is 0 Å². The number of rotatable bonds is 7. The van der Waals surface area contributed by atoms with Crippen molar-refractivity contribution in [1.29, 1.82) is 0 Å². The Kier molecular flexibility index (Phi) is 5.84. The van der Waals surface area contributed by atoms with Crippen LogP contribution in [0.2, 0.25) is 0 Å². The molecule has 0 unspecified atom stereocenters. The molecule has 3 N–H and O–H groups in total. The van der Waals surface area contributed by atoms with Crippen molar-refractivity contribution in [3.8, 4) is 0 Å². The maximum Gasteiger partial charge on any atom is 0.323 e. The number of aromatic amines is 1. The van der Waals surface area contributed by atoms with Crippen molar-refractivity contribution in [2.75, 3.05) is 13.1 Å². The van der Waals surface area contributed by atoms with Gasteiger partial charge >= 0.3 is 12.0 Å². The highest BCUT2D eigenvalue weighted by Crippen LogP contribution is 1.99. The first-order valence-corrected chi connectivity index (χ1v) is 6.25. The number of aromatic nitrogens is 2. The van der Waals surface area contributed by atoms with Crippen LogP contribution in [0, 0.1) is 0 Å². The predicted molar refractivity (Wildman–Crippen MR) is 69.8 cm³/mol. The smallest absolute Gasteiger partial charge is 0.323 e. The summed E-state index contributed by atoms with van der Waals surface area (Å²) in [6.07, 6.45) is 4.93. The fourth-order valence-corrected chi connectivity index (χ4v) is 1.62. The number of H-pyrrole nitrogens is 1. The summed E-state index contributed by atoms with van der Waals surface area (Å²) in [5, 5.41) is 11.5. The first kappa shape index (κ1) is 15.0. The largest absolute Gasteiger partial charge is 0.480 e. The normalized spacial score (nSPS) is 10.5. The molecule has 0 aliphatic heterocycles. The van der Waals surface area contributed by atoms with Gasteiger partial charge in [-0.25, -0.2) is 9.78 Å². The van der Waals surface area contributed by atoms with Crippen molar-refractivity contribution in [3.63, 3.8) is 0 Å². The second kappa shape index (κ2) is 7.40. The average molecular weight is 268 g/mol. The maximum absolute atomic E-state index is 11.8. The summed E-state index contributed by atoms with van der Waals surface area (Å²) in [6, 6.07) is -0.502. The Balaban J connectivity index is 2.29. The summed E-state index contributed by atoms with van der Waals surface area (Å²) < 4.78 is 0. The van der Waals surface area contributed by atoms with Gasteiger partial charge in [0.1, 0.15) is 12.4 Å². The van der Waals surface area contributed by atoms with E-state index >= 15 is 0 Å². The third-order valence-corrected chi connectivity index (χ3v) is 2.61. The zero-order chi connectivity index (χ0) is 14.3. The summed E-state index contributed by atoms with van der Waals surface area (Å²) in [6.45, 7) is 3.76. The van der Waals surface area contributed by atoms with Crippen molar-refractivity contribution in [3.05, 3.63) is 18.2 Å². The first-order valence-electron chi connectivity index (χ1n) is 6.25. The molecule has 0 saturated heterocycles. The van der Waals surface area contributed by atoms with Crippen molar-refractivity contribution in [2.24, 2.45) is 0 Å². The van der Waals surface area contributed by atoms with Crippen LogP contribution >= 0.6 is 0 Å². The molecule has 7 nitrogen and oxygen atoms in total. The summed E-state index contributed by atoms with van der Waals surface area (Å²) in [5.41, 5.74) is 0. The van der Waals surface area contributed by atoms with E-state index in [1.807, 2.05) is 0 Å². The molecular weight excluding hydrogens is 248 g/mol. The molecule has 0 fully saturated rings. The molecule has 0 aliphatic rings. The number of hydrogen-bond donors (Lipinski definition) is 3. The zero-order valence-corrected chi connectivity index (χ0v) is 11.2. The minimum atomic E-state index is -1.01. The number of carboxylic acid groups (broad SMARTS) is 1. The van der Waals surface area contributed by atoms with E-state index in [0.717, 1.165) is 18.7 Å². The number of carbonyl (C=O) groups is 2. The zero-order valence-electron chi connectivity index (χ0n) is 11.2. The Morgan fingerprint density at radius 3 is 2.79 bits per heavy atom. The van der Waals surface area contributed by atoms with E-state index in [4.69, 9.17) is 5.11 Å². The topological polar surface area (TPSA) is 98.3 Å². The van der Waals surface area contributed by atoms with E-state index < -0.39 is 5.97 Å². The van der Waals surface area contributed by atoms with Gasteiger partial charge in [0, 0.05) is 31.4 Å². The number of aryl methyl sites for hydroxylation is 1. The molecule has 2 amide bonds. The molecular formula is C12H20N4O3. The van der Waals surface area contributed by atoms with Crippen molar-refractivity contribution >= 4 is 12.0 Å². The van der Waals surface area contributed by atoms with Crippen LogP contribution in [0.15, 0.2) is 12.4 Å². The van der Waals surface area contributed by atoms with E-state index in [-0.39, 0.29) is 18.6 Å². The van der Waals surface area contributed by atoms with Crippen molar-refractivity contribution in [2.45, 2.75) is 32.7 Å². The molecule has 7 heteroatoms. The second-order valence-corrected chi connectivity index (χ2v) is 4.49. The van der Waals surface area contributed by atoms with Crippen molar-refractivity contribution < 1.29 is 14.7 Å². The highest BCUT2D eigenvalue weighted by atomic mass is 16.4. The molecule has 0 radical (unpaired) electrons. The van der Waals surface area contributed by atoms with Crippen LogP contribution in [-0.2, 0) is 11.2 Å². The maximum atomic E-state index is 11.8. The number of nitrogens with one attached hydrogen (secondary N) is 2. The lowest BCUT2D eigenvalue weighted by Gasteiger charge is -2.25. The fourth-order valence-electron chi connectivity index (χ4n) is 1.62. The Morgan fingerprint density at radius 2 is 2.26 bits per heavy atom. The number of aliphatic carboxylic acids is 1. The number of nitrogens with zero attached hydrogens (tertiary/aromatic N) is 2. The van der Waals surface area contributed by atoms with Gasteiger partial charge in [-0.05, 0) is 20.3 Å². The van der Waals surface area contributed by atoms with Gasteiger partial charge in [-0.3, -0.25) is 4.79 Å². The molecule has 106 valence electrons. The Bertz CT molecular complexity index is 403. The number of imidazole rings is 1. The van der Waals surface area contributed by atoms with Gasteiger partial charge in [0.2, 0.25) is 0 Å². The van der Waals surface area contributed by atoms with E-state index in [9.17, 15) is 9.59 Å². The predicted octanol–water partition coefficient (Wildman–Crippen LogP) is 0.847. The summed E-state index contributed by atoms with van der Waals surface area (Å²) >= 11 is 0. The Hall–Kier alpha value is -2.05. The number of amides is 2. The monoisotopic (exact) mass is 268 g/mol. The second-order valence-electron chi connectivity index (χ2n) is 4.49. The third-order valence-electron chi connectivity index (χ3n) is 2.61. The quantitative estimate of drug-likeness (QED) is 0.638. The molecule has 1 heterocycles. The SMILES string of the molecule is CC(C)N(CC(=O)O)C(=O)NCCCc1ncc[nH]1. The van der Waals surface area contributed by atoms with Crippen LogP contribution in [-0.4, -0.2) is 51.1 Å². The molecule has 1 rings (SSSR count). The Labute approximate surface area is 112 Å². The number of carboxylic acids is 1. The fraction of sp³-hybridized carbons (Fsp3) is 0.583. The molecule has 19 heavy (non-hydrogen) atoms. The van der Waals surface area contributed by atoms with E-state index in [1.165, 1.54) is 4.90 Å². The molecule has 0 spiro atoms. The molecule has 0 aliphatic carbocycles. The molecule has 0 aromatic carbocycles. The lowest BCUT2D eigenvalue weighted by Crippen LogP contribution is -2.46. The minimum Gasteiger partial charge on any atom is -0.480 e. The summed E-state index contributed by atoms with van der Waals surface area (Å²) in [4.78, 5) is 30.8. The molecule has 0 atom stereocenters. The number of hydrogen-bond acceptors (Lipinski definition) is 3. The summed E-state index contributed by atoms with van der Waals surface area (Å²) in [7, 11) is 0. The molecule has 0 saturated carbocycles. The van der Waals surface area contributed by atoms with Crippen LogP contribution in [0.4, 0.5) is 4.79 Å². The van der Waals surface area contributed by atoms with Crippen LogP contribution in [0.5, 0.6) is 0 Å². The van der Waals surface area contributed by atoms with Gasteiger partial charge < -0.3 is 20.3 Å². The lowest BCUT2D eigenvalue weighted by molar-refractivity contribution is -0.138. The molecule has 0 bridgehead atoms. The van der Waals surface area contributed by atoms with Gasteiger partial charge in [-0.1, -0.05) is 0 Å². The number of carbonyl (C=O) groups excluding carboxylic acids is 1. The highest BCUT2D eigenvalue weighted by Gasteiger charge is 2.18. The van der Waals surface area contributed by atoms with Crippen LogP contribution in [0.1, 0.15) is 26.1 Å². The van der Waals surface area contributed by atoms with E-state index in [0.29, 0.717) is 6.54 Å². The lowest BCUT2D eigenvalue weighted by atomic mass is 10.3. The van der Waals surface area contributed by atoms with E-state index in [2.05, 4.69) is 15.3 Å². The van der Waals surface area contributed by atoms with Gasteiger partial charge in [-0.15, -0.1) is 0 Å². The van der Waals surface area contributed by atoms with Gasteiger partial charge in [0.05, 0.1) is 0 Å². The molecule has 1 aromatic heterocycles. The van der Waals surface area contributed by atoms with Gasteiger partial charge in [0.15, 0.2) is 0 Å². The average Bonchev–Trinajstić information content (AvgIpc) is 2.83. The van der Waals surface area contributed by atoms with Gasteiger partial charge in [0.25, 0.3) is 0 Å². The molecule has 1 aromatic rings. The van der Waals surface area contributed by atoms with Crippen LogP contribution in [0.25, 0.3) is 0 Å². The van der Waals surface area contributed by atoms with Gasteiger partial charge in [-0.2, -0.15) is 0 Å².